The van der Waals surface area contributed by atoms with Crippen LogP contribution >= 0.6 is 0 Å². The van der Waals surface area contributed by atoms with Gasteiger partial charge in [0.25, 0.3) is 5.88 Å². The zero-order valence-electron chi connectivity index (χ0n) is 15.8. The van der Waals surface area contributed by atoms with E-state index in [0.29, 0.717) is 11.2 Å². The van der Waals surface area contributed by atoms with Gasteiger partial charge in [-0.15, -0.1) is 10.2 Å². The smallest absolute Gasteiger partial charge is 0.425 e. The predicted octanol–water partition coefficient (Wildman–Crippen LogP) is 4.43. The van der Waals surface area contributed by atoms with Crippen molar-refractivity contribution in [1.29, 1.82) is 0 Å². The molecule has 3 aromatic heterocycles. The number of nitrogens with zero attached hydrogens (tertiary/aromatic N) is 4. The van der Waals surface area contributed by atoms with Crippen LogP contribution in [-0.2, 0) is 11.3 Å². The molecule has 6 nitrogen and oxygen atoms in total. The summed E-state index contributed by atoms with van der Waals surface area (Å²) in [6.45, 7) is -0.0547. The molecule has 0 N–H and O–H groups in total. The minimum Gasteiger partial charge on any atom is -0.463 e. The molecule has 0 aromatic carbocycles. The van der Waals surface area contributed by atoms with Crippen molar-refractivity contribution < 1.29 is 35.8 Å². The molecule has 0 saturated heterocycles. The molecule has 0 saturated carbocycles. The standard InChI is InChI=1S/C18H16F6N4O2/c1-10(18(22,23)24)30-16-13(20)5-12(6-25-16)11-3-4-14-26-27-15(28(14)7-11)8-29-17(2,21)9-19/h3-7,10H,8-9H2,1-2H3/t10-,17?/m0/s1. The summed E-state index contributed by atoms with van der Waals surface area (Å²) in [6, 6.07) is 4.06. The van der Waals surface area contributed by atoms with Crippen molar-refractivity contribution in [3.05, 3.63) is 42.2 Å². The fraction of sp³-hybridized carbons (Fsp3) is 0.389. The highest BCUT2D eigenvalue weighted by molar-refractivity contribution is 5.64. The van der Waals surface area contributed by atoms with Crippen LogP contribution < -0.4 is 4.74 Å². The van der Waals surface area contributed by atoms with E-state index in [1.165, 1.54) is 16.7 Å². The highest BCUT2D eigenvalue weighted by atomic mass is 19.4. The fourth-order valence-corrected chi connectivity index (χ4v) is 2.37. The van der Waals surface area contributed by atoms with E-state index in [1.54, 1.807) is 6.07 Å². The van der Waals surface area contributed by atoms with Gasteiger partial charge in [0.15, 0.2) is 23.4 Å². The number of hydrogen-bond acceptors (Lipinski definition) is 5. The number of rotatable bonds is 7. The molecule has 3 heterocycles. The Bertz CT molecular complexity index is 1040. The molecular weight excluding hydrogens is 418 g/mol. The molecule has 30 heavy (non-hydrogen) atoms. The van der Waals surface area contributed by atoms with Gasteiger partial charge in [-0.05, 0) is 32.0 Å². The quantitative estimate of drug-likeness (QED) is 0.515. The molecule has 0 aliphatic carbocycles. The molecular formula is C18H16F6N4O2. The third-order valence-electron chi connectivity index (χ3n) is 4.10. The second-order valence-electron chi connectivity index (χ2n) is 6.60. The third kappa shape index (κ3) is 4.81. The first-order chi connectivity index (χ1) is 14.0. The Morgan fingerprint density at radius 2 is 1.87 bits per heavy atom. The van der Waals surface area contributed by atoms with E-state index in [2.05, 4.69) is 19.9 Å². The lowest BCUT2D eigenvalue weighted by atomic mass is 10.1. The van der Waals surface area contributed by atoms with Gasteiger partial charge in [-0.3, -0.25) is 4.40 Å². The number of halogens is 6. The van der Waals surface area contributed by atoms with Gasteiger partial charge < -0.3 is 9.47 Å². The van der Waals surface area contributed by atoms with Gasteiger partial charge in [0.1, 0.15) is 13.3 Å². The van der Waals surface area contributed by atoms with Crippen molar-refractivity contribution in [2.45, 2.75) is 38.6 Å². The molecule has 0 spiro atoms. The minimum atomic E-state index is -4.66. The number of ether oxygens (including phenoxy) is 2. The second-order valence-corrected chi connectivity index (χ2v) is 6.60. The van der Waals surface area contributed by atoms with Crippen LogP contribution in [0.3, 0.4) is 0 Å². The minimum absolute atomic E-state index is 0.163. The molecule has 0 radical (unpaired) electrons. The van der Waals surface area contributed by atoms with Gasteiger partial charge in [0.2, 0.25) is 5.85 Å². The van der Waals surface area contributed by atoms with E-state index in [0.717, 1.165) is 26.1 Å². The molecule has 0 amide bonds. The maximum absolute atomic E-state index is 14.2. The first kappa shape index (κ1) is 21.8. The molecule has 1 unspecified atom stereocenters. The molecule has 2 atom stereocenters. The van der Waals surface area contributed by atoms with E-state index in [9.17, 15) is 26.3 Å². The molecule has 3 rings (SSSR count). The molecule has 0 fully saturated rings. The topological polar surface area (TPSA) is 61.5 Å². The number of alkyl halides is 5. The van der Waals surface area contributed by atoms with Gasteiger partial charge in [-0.2, -0.15) is 13.2 Å². The normalized spacial score (nSPS) is 15.2. The summed E-state index contributed by atoms with van der Waals surface area (Å²) >= 11 is 0. The van der Waals surface area contributed by atoms with Crippen molar-refractivity contribution >= 4 is 5.65 Å². The second kappa shape index (κ2) is 8.09. The predicted molar refractivity (Wildman–Crippen MR) is 92.6 cm³/mol. The van der Waals surface area contributed by atoms with Crippen LogP contribution in [0.4, 0.5) is 26.3 Å². The number of fused-ring (bicyclic) bond motifs is 1. The SMILES string of the molecule is C[C@H](Oc1ncc(-c2ccc3nnc(COC(C)(F)CF)n3c2)cc1F)C(F)(F)F. The van der Waals surface area contributed by atoms with Crippen molar-refractivity contribution in [3.63, 3.8) is 0 Å². The van der Waals surface area contributed by atoms with Crippen LogP contribution in [-0.4, -0.2) is 44.4 Å². The number of hydrogen-bond donors (Lipinski definition) is 0. The van der Waals surface area contributed by atoms with Gasteiger partial charge >= 0.3 is 6.18 Å². The van der Waals surface area contributed by atoms with Crippen molar-refractivity contribution in [1.82, 2.24) is 19.6 Å². The van der Waals surface area contributed by atoms with Crippen LogP contribution in [0, 0.1) is 5.82 Å². The number of pyridine rings is 2. The van der Waals surface area contributed by atoms with Crippen LogP contribution in [0.25, 0.3) is 16.8 Å². The Hall–Kier alpha value is -2.89. The van der Waals surface area contributed by atoms with Crippen LogP contribution in [0.2, 0.25) is 0 Å². The summed E-state index contributed by atoms with van der Waals surface area (Å²) in [4.78, 5) is 3.62. The molecule has 0 bridgehead atoms. The Balaban J connectivity index is 1.86. The lowest BCUT2D eigenvalue weighted by Crippen LogP contribution is -2.31. The van der Waals surface area contributed by atoms with Gasteiger partial charge in [-0.25, -0.2) is 18.2 Å². The Kier molecular flexibility index (Phi) is 5.88. The highest BCUT2D eigenvalue weighted by Crippen LogP contribution is 2.28. The van der Waals surface area contributed by atoms with E-state index in [-0.39, 0.29) is 18.0 Å². The zero-order valence-corrected chi connectivity index (χ0v) is 15.8. The van der Waals surface area contributed by atoms with E-state index in [1.807, 2.05) is 0 Å². The maximum Gasteiger partial charge on any atom is 0.425 e. The zero-order chi connectivity index (χ0) is 22.1. The van der Waals surface area contributed by atoms with E-state index >= 15 is 0 Å². The summed E-state index contributed by atoms with van der Waals surface area (Å²) in [5.74, 6) is -4.18. The first-order valence-corrected chi connectivity index (χ1v) is 8.62. The van der Waals surface area contributed by atoms with Crippen LogP contribution in [0.5, 0.6) is 5.88 Å². The van der Waals surface area contributed by atoms with Gasteiger partial charge in [0, 0.05) is 23.5 Å². The van der Waals surface area contributed by atoms with E-state index < -0.39 is 36.5 Å². The lowest BCUT2D eigenvalue weighted by molar-refractivity contribution is -0.190. The average molecular weight is 434 g/mol. The van der Waals surface area contributed by atoms with Crippen molar-refractivity contribution in [2.75, 3.05) is 6.67 Å². The summed E-state index contributed by atoms with van der Waals surface area (Å²) in [5.41, 5.74) is 1.02. The Labute approximate surface area is 166 Å². The Morgan fingerprint density at radius 3 is 2.50 bits per heavy atom. The van der Waals surface area contributed by atoms with Crippen molar-refractivity contribution in [3.8, 4) is 17.0 Å². The third-order valence-corrected chi connectivity index (χ3v) is 4.10. The number of aromatic nitrogens is 4. The highest BCUT2D eigenvalue weighted by Gasteiger charge is 2.38. The monoisotopic (exact) mass is 434 g/mol. The molecule has 162 valence electrons. The Morgan fingerprint density at radius 1 is 1.13 bits per heavy atom. The molecule has 0 aliphatic rings. The van der Waals surface area contributed by atoms with Crippen LogP contribution in [0.1, 0.15) is 19.7 Å². The maximum atomic E-state index is 14.2. The summed E-state index contributed by atoms with van der Waals surface area (Å²) in [5, 5.41) is 7.71. The van der Waals surface area contributed by atoms with E-state index in [4.69, 9.17) is 4.74 Å². The average Bonchev–Trinajstić information content (AvgIpc) is 3.09. The molecule has 3 aromatic rings. The van der Waals surface area contributed by atoms with Gasteiger partial charge in [-0.1, -0.05) is 0 Å². The summed E-state index contributed by atoms with van der Waals surface area (Å²) in [6.07, 6.45) is -4.27. The first-order valence-electron chi connectivity index (χ1n) is 8.62. The van der Waals surface area contributed by atoms with Crippen LogP contribution in [0.15, 0.2) is 30.6 Å². The molecule has 12 heteroatoms. The largest absolute Gasteiger partial charge is 0.463 e. The molecule has 0 aliphatic heterocycles. The fourth-order valence-electron chi connectivity index (χ4n) is 2.37. The van der Waals surface area contributed by atoms with Gasteiger partial charge in [0.05, 0.1) is 0 Å². The lowest BCUT2D eigenvalue weighted by Gasteiger charge is -2.17. The summed E-state index contributed by atoms with van der Waals surface area (Å²) in [7, 11) is 0. The summed E-state index contributed by atoms with van der Waals surface area (Å²) < 4.78 is 88.9. The van der Waals surface area contributed by atoms with Crippen molar-refractivity contribution in [2.24, 2.45) is 0 Å².